The van der Waals surface area contributed by atoms with E-state index < -0.39 is 5.91 Å². The predicted molar refractivity (Wildman–Crippen MR) is 94.1 cm³/mol. The molecule has 2 rings (SSSR count). The van der Waals surface area contributed by atoms with Crippen molar-refractivity contribution in [2.24, 2.45) is 10.7 Å². The largest absolute Gasteiger partial charge is 0.454 e. The van der Waals surface area contributed by atoms with Gasteiger partial charge in [-0.3, -0.25) is 4.79 Å². The lowest BCUT2D eigenvalue weighted by atomic mass is 9.94. The van der Waals surface area contributed by atoms with Crippen LogP contribution in [0.25, 0.3) is 0 Å². The summed E-state index contributed by atoms with van der Waals surface area (Å²) < 4.78 is 11.1. The van der Waals surface area contributed by atoms with Crippen LogP contribution in [-0.4, -0.2) is 23.4 Å². The Bertz CT molecular complexity index is 740. The Morgan fingerprint density at radius 1 is 1.28 bits per heavy atom. The van der Waals surface area contributed by atoms with Crippen molar-refractivity contribution in [1.82, 2.24) is 15.6 Å². The minimum absolute atomic E-state index is 0.0821. The first kappa shape index (κ1) is 18.6. The van der Waals surface area contributed by atoms with Gasteiger partial charge < -0.3 is 25.2 Å². The number of rotatable bonds is 6. The van der Waals surface area contributed by atoms with Crippen LogP contribution in [0.2, 0.25) is 0 Å². The number of carbonyl (C=O) groups is 1. The maximum atomic E-state index is 11.0. The van der Waals surface area contributed by atoms with Crippen molar-refractivity contribution in [3.8, 4) is 0 Å². The third kappa shape index (κ3) is 5.37. The summed E-state index contributed by atoms with van der Waals surface area (Å²) in [5.41, 5.74) is 5.08. The van der Waals surface area contributed by atoms with Gasteiger partial charge in [0.25, 0.3) is 5.91 Å². The van der Waals surface area contributed by atoms with Crippen molar-refractivity contribution in [3.05, 3.63) is 41.5 Å². The Balaban J connectivity index is 1.97. The molecule has 0 radical (unpaired) electrons. The lowest BCUT2D eigenvalue weighted by molar-refractivity contribution is 0.0972. The van der Waals surface area contributed by atoms with E-state index in [-0.39, 0.29) is 17.7 Å². The van der Waals surface area contributed by atoms with Crippen LogP contribution < -0.4 is 16.4 Å². The zero-order chi connectivity index (χ0) is 18.4. The SMILES string of the molecule is CCNC(=NCc1ccc(C(N)=O)o1)NCc1ncc(C(C)(C)C)o1. The highest BCUT2D eigenvalue weighted by Gasteiger charge is 2.19. The lowest BCUT2D eigenvalue weighted by Crippen LogP contribution is -2.36. The zero-order valence-corrected chi connectivity index (χ0v) is 15.0. The van der Waals surface area contributed by atoms with Crippen LogP contribution in [0.5, 0.6) is 0 Å². The van der Waals surface area contributed by atoms with E-state index in [1.807, 2.05) is 6.92 Å². The van der Waals surface area contributed by atoms with Gasteiger partial charge >= 0.3 is 0 Å². The predicted octanol–water partition coefficient (Wildman–Crippen LogP) is 1.92. The number of nitrogens with one attached hydrogen (secondary N) is 2. The molecular weight excluding hydrogens is 322 g/mol. The first-order valence-corrected chi connectivity index (χ1v) is 8.15. The number of aliphatic imine (C=N–C) groups is 1. The van der Waals surface area contributed by atoms with Gasteiger partial charge in [0.2, 0.25) is 5.89 Å². The lowest BCUT2D eigenvalue weighted by Gasteiger charge is -2.13. The van der Waals surface area contributed by atoms with Gasteiger partial charge in [0.15, 0.2) is 11.7 Å². The van der Waals surface area contributed by atoms with E-state index in [1.165, 1.54) is 6.07 Å². The van der Waals surface area contributed by atoms with Gasteiger partial charge in [0, 0.05) is 12.0 Å². The highest BCUT2D eigenvalue weighted by Crippen LogP contribution is 2.22. The Morgan fingerprint density at radius 2 is 2.04 bits per heavy atom. The van der Waals surface area contributed by atoms with Crippen LogP contribution in [0.15, 0.2) is 32.2 Å². The van der Waals surface area contributed by atoms with Gasteiger partial charge in [-0.05, 0) is 19.1 Å². The van der Waals surface area contributed by atoms with Crippen molar-refractivity contribution in [2.45, 2.75) is 46.2 Å². The molecular formula is C17H25N5O3. The molecule has 0 atom stereocenters. The van der Waals surface area contributed by atoms with Crippen molar-refractivity contribution < 1.29 is 13.6 Å². The smallest absolute Gasteiger partial charge is 0.284 e. The topological polar surface area (TPSA) is 119 Å². The average Bonchev–Trinajstić information content (AvgIpc) is 3.18. The van der Waals surface area contributed by atoms with E-state index in [0.717, 1.165) is 5.76 Å². The molecule has 0 unspecified atom stereocenters. The Labute approximate surface area is 146 Å². The highest BCUT2D eigenvalue weighted by molar-refractivity contribution is 5.89. The molecule has 8 heteroatoms. The second kappa shape index (κ2) is 7.87. The Hall–Kier alpha value is -2.77. The van der Waals surface area contributed by atoms with Crippen LogP contribution >= 0.6 is 0 Å². The van der Waals surface area contributed by atoms with Crippen LogP contribution in [0, 0.1) is 0 Å². The minimum atomic E-state index is -0.598. The maximum Gasteiger partial charge on any atom is 0.284 e. The summed E-state index contributed by atoms with van der Waals surface area (Å²) in [6.07, 6.45) is 1.75. The van der Waals surface area contributed by atoms with Gasteiger partial charge in [0.05, 0.1) is 12.7 Å². The van der Waals surface area contributed by atoms with Gasteiger partial charge in [-0.15, -0.1) is 0 Å². The number of furan rings is 1. The fourth-order valence-electron chi connectivity index (χ4n) is 1.99. The van der Waals surface area contributed by atoms with E-state index in [9.17, 15) is 4.79 Å². The molecule has 4 N–H and O–H groups in total. The average molecular weight is 347 g/mol. The summed E-state index contributed by atoms with van der Waals surface area (Å²) in [4.78, 5) is 19.7. The Morgan fingerprint density at radius 3 is 2.60 bits per heavy atom. The molecule has 0 aromatic carbocycles. The summed E-state index contributed by atoms with van der Waals surface area (Å²) in [5.74, 6) is 2.09. The molecule has 25 heavy (non-hydrogen) atoms. The summed E-state index contributed by atoms with van der Waals surface area (Å²) in [7, 11) is 0. The van der Waals surface area contributed by atoms with Gasteiger partial charge in [-0.25, -0.2) is 9.98 Å². The van der Waals surface area contributed by atoms with Crippen LogP contribution in [0.4, 0.5) is 0 Å². The van der Waals surface area contributed by atoms with Crippen LogP contribution in [-0.2, 0) is 18.5 Å². The summed E-state index contributed by atoms with van der Waals surface area (Å²) in [6, 6.07) is 3.21. The number of hydrogen-bond donors (Lipinski definition) is 3. The molecule has 2 heterocycles. The van der Waals surface area contributed by atoms with E-state index in [1.54, 1.807) is 12.3 Å². The minimum Gasteiger partial charge on any atom is -0.454 e. The summed E-state index contributed by atoms with van der Waals surface area (Å²) in [5, 5.41) is 6.28. The van der Waals surface area contributed by atoms with Gasteiger partial charge in [-0.2, -0.15) is 0 Å². The number of oxazole rings is 1. The molecule has 2 aromatic rings. The number of hydrogen-bond acceptors (Lipinski definition) is 5. The van der Waals surface area contributed by atoms with Crippen molar-refractivity contribution in [3.63, 3.8) is 0 Å². The van der Waals surface area contributed by atoms with Crippen LogP contribution in [0.1, 0.15) is 55.7 Å². The van der Waals surface area contributed by atoms with E-state index in [4.69, 9.17) is 14.6 Å². The third-order valence-electron chi connectivity index (χ3n) is 3.34. The molecule has 0 spiro atoms. The number of carbonyl (C=O) groups excluding carboxylic acids is 1. The monoisotopic (exact) mass is 347 g/mol. The second-order valence-electron chi connectivity index (χ2n) is 6.55. The van der Waals surface area contributed by atoms with E-state index in [0.29, 0.717) is 30.7 Å². The fourth-order valence-corrected chi connectivity index (χ4v) is 1.99. The molecule has 2 aromatic heterocycles. The number of nitrogens with two attached hydrogens (primary N) is 1. The zero-order valence-electron chi connectivity index (χ0n) is 15.0. The molecule has 0 aliphatic carbocycles. The Kier molecular flexibility index (Phi) is 5.84. The molecule has 0 aliphatic heterocycles. The molecule has 136 valence electrons. The third-order valence-corrected chi connectivity index (χ3v) is 3.34. The molecule has 8 nitrogen and oxygen atoms in total. The molecule has 0 saturated heterocycles. The quantitative estimate of drug-likeness (QED) is 0.542. The van der Waals surface area contributed by atoms with Gasteiger partial charge in [-0.1, -0.05) is 20.8 Å². The number of aromatic nitrogens is 1. The van der Waals surface area contributed by atoms with E-state index >= 15 is 0 Å². The summed E-state index contributed by atoms with van der Waals surface area (Å²) in [6.45, 7) is 9.57. The van der Waals surface area contributed by atoms with Crippen LogP contribution in [0.3, 0.4) is 0 Å². The number of primary amides is 1. The first-order chi connectivity index (χ1) is 11.8. The molecule has 0 saturated carbocycles. The molecule has 0 aliphatic rings. The standard InChI is InChI=1S/C17H25N5O3/c1-5-19-16(21-8-11-6-7-12(24-11)15(18)23)22-10-14-20-9-13(25-14)17(2,3)4/h6-7,9H,5,8,10H2,1-4H3,(H2,18,23)(H2,19,21,22). The second-order valence-corrected chi connectivity index (χ2v) is 6.55. The summed E-state index contributed by atoms with van der Waals surface area (Å²) >= 11 is 0. The van der Waals surface area contributed by atoms with Crippen molar-refractivity contribution in [1.29, 1.82) is 0 Å². The number of guanidine groups is 1. The van der Waals surface area contributed by atoms with Crippen molar-refractivity contribution >= 4 is 11.9 Å². The van der Waals surface area contributed by atoms with Gasteiger partial charge in [0.1, 0.15) is 18.1 Å². The number of amides is 1. The maximum absolute atomic E-state index is 11.0. The highest BCUT2D eigenvalue weighted by atomic mass is 16.4. The van der Waals surface area contributed by atoms with E-state index in [2.05, 4.69) is 41.4 Å². The molecule has 0 bridgehead atoms. The van der Waals surface area contributed by atoms with Crippen molar-refractivity contribution in [2.75, 3.05) is 6.54 Å². The normalized spacial score (nSPS) is 12.2. The fraction of sp³-hybridized carbons (Fsp3) is 0.471. The molecule has 0 fully saturated rings. The molecule has 1 amide bonds. The number of nitrogens with zero attached hydrogens (tertiary/aromatic N) is 2. The first-order valence-electron chi connectivity index (χ1n) is 8.15.